The number of hydrogen-bond donors (Lipinski definition) is 3. The van der Waals surface area contributed by atoms with Crippen molar-refractivity contribution in [1.29, 1.82) is 0 Å². The Labute approximate surface area is 145 Å². The average Bonchev–Trinajstić information content (AvgIpc) is 3.47. The van der Waals surface area contributed by atoms with Crippen molar-refractivity contribution < 1.29 is 5.11 Å². The minimum Gasteiger partial charge on any atom is -0.508 e. The zero-order chi connectivity index (χ0) is 16.8. The fourth-order valence-corrected chi connectivity index (χ4v) is 3.25. The van der Waals surface area contributed by atoms with Gasteiger partial charge in [-0.1, -0.05) is 18.2 Å². The number of nitrogens with one attached hydrogen (secondary N) is 2. The molecule has 0 saturated carbocycles. The molecule has 2 aromatic carbocycles. The maximum Gasteiger partial charge on any atom is 0.227 e. The molecule has 1 aliphatic heterocycles. The Morgan fingerprint density at radius 3 is 2.80 bits per heavy atom. The largest absolute Gasteiger partial charge is 0.508 e. The molecule has 5 rings (SSSR count). The van der Waals surface area contributed by atoms with Crippen LogP contribution in [0.5, 0.6) is 5.75 Å². The van der Waals surface area contributed by atoms with Crippen molar-refractivity contribution in [3.63, 3.8) is 0 Å². The molecule has 5 heteroatoms. The van der Waals surface area contributed by atoms with Gasteiger partial charge in [0.25, 0.3) is 0 Å². The lowest BCUT2D eigenvalue weighted by molar-refractivity contribution is 0.475. The van der Waals surface area contributed by atoms with Crippen LogP contribution in [-0.2, 0) is 12.8 Å². The Bertz CT molecular complexity index is 1030. The Morgan fingerprint density at radius 1 is 1.04 bits per heavy atom. The standard InChI is InChI=1S/C20H16N4O/c25-16-7-6-12-4-5-14-10-22-20(24-19(14)17(12)9-16)23-15-3-1-2-13(8-15)18-11-21-18/h1-3,6-11,21,25H,4-5H2,(H,22,23,24). The summed E-state index contributed by atoms with van der Waals surface area (Å²) in [6, 6.07) is 13.6. The molecule has 5 nitrogen and oxygen atoms in total. The smallest absolute Gasteiger partial charge is 0.227 e. The molecule has 1 aromatic heterocycles. The van der Waals surface area contributed by atoms with Gasteiger partial charge in [0.05, 0.1) is 11.4 Å². The van der Waals surface area contributed by atoms with Gasteiger partial charge in [0.15, 0.2) is 0 Å². The Balaban J connectivity index is 1.51. The lowest BCUT2D eigenvalue weighted by Crippen LogP contribution is -2.08. The molecule has 0 radical (unpaired) electrons. The summed E-state index contributed by atoms with van der Waals surface area (Å²) in [4.78, 5) is 9.18. The lowest BCUT2D eigenvalue weighted by Gasteiger charge is -2.19. The van der Waals surface area contributed by atoms with E-state index in [0.29, 0.717) is 5.95 Å². The molecule has 25 heavy (non-hydrogen) atoms. The molecule has 122 valence electrons. The topological polar surface area (TPSA) is 80.0 Å². The van der Waals surface area contributed by atoms with E-state index in [2.05, 4.69) is 27.8 Å². The summed E-state index contributed by atoms with van der Waals surface area (Å²) >= 11 is 0. The van der Waals surface area contributed by atoms with Crippen molar-refractivity contribution in [2.75, 3.05) is 5.32 Å². The summed E-state index contributed by atoms with van der Waals surface area (Å²) < 4.78 is 0. The minimum absolute atomic E-state index is 0.262. The molecule has 0 unspecified atom stereocenters. The fourth-order valence-electron chi connectivity index (χ4n) is 3.25. The molecule has 0 saturated heterocycles. The van der Waals surface area contributed by atoms with Gasteiger partial charge >= 0.3 is 0 Å². The van der Waals surface area contributed by atoms with Crippen LogP contribution in [-0.4, -0.2) is 15.1 Å². The van der Waals surface area contributed by atoms with E-state index in [1.54, 1.807) is 12.1 Å². The van der Waals surface area contributed by atoms with Crippen LogP contribution in [0.3, 0.4) is 0 Å². The molecule has 3 aromatic rings. The molecule has 1 aliphatic carbocycles. The predicted molar refractivity (Wildman–Crippen MR) is 97.4 cm³/mol. The highest BCUT2D eigenvalue weighted by atomic mass is 16.3. The first-order chi connectivity index (χ1) is 12.3. The van der Waals surface area contributed by atoms with Gasteiger partial charge < -0.3 is 15.7 Å². The first-order valence-corrected chi connectivity index (χ1v) is 8.29. The average molecular weight is 328 g/mol. The molecule has 0 spiro atoms. The number of phenols is 1. The number of aromatic nitrogens is 2. The fraction of sp³-hybridized carbons (Fsp3) is 0.100. The summed E-state index contributed by atoms with van der Waals surface area (Å²) in [7, 11) is 0. The zero-order valence-electron chi connectivity index (χ0n) is 13.5. The highest BCUT2D eigenvalue weighted by Crippen LogP contribution is 2.34. The van der Waals surface area contributed by atoms with Crippen LogP contribution in [0.2, 0.25) is 0 Å². The molecule has 2 aliphatic rings. The number of nitrogens with zero attached hydrogens (tertiary/aromatic N) is 2. The Kier molecular flexibility index (Phi) is 3.00. The van der Waals surface area contributed by atoms with Crippen molar-refractivity contribution in [3.05, 3.63) is 71.6 Å². The molecular formula is C20H16N4O. The highest BCUT2D eigenvalue weighted by molar-refractivity contribution is 5.77. The van der Waals surface area contributed by atoms with E-state index >= 15 is 0 Å². The molecule has 0 atom stereocenters. The summed E-state index contributed by atoms with van der Waals surface area (Å²) in [5.41, 5.74) is 7.44. The monoisotopic (exact) mass is 328 g/mol. The lowest BCUT2D eigenvalue weighted by atomic mass is 9.90. The van der Waals surface area contributed by atoms with E-state index in [9.17, 15) is 5.11 Å². The van der Waals surface area contributed by atoms with Gasteiger partial charge in [-0.3, -0.25) is 0 Å². The van der Waals surface area contributed by atoms with E-state index in [-0.39, 0.29) is 5.75 Å². The second-order valence-electron chi connectivity index (χ2n) is 6.32. The van der Waals surface area contributed by atoms with Crippen molar-refractivity contribution >= 4 is 17.3 Å². The number of benzene rings is 2. The molecule has 3 N–H and O–H groups in total. The van der Waals surface area contributed by atoms with E-state index < -0.39 is 0 Å². The third-order valence-corrected chi connectivity index (χ3v) is 4.60. The molecule has 0 amide bonds. The van der Waals surface area contributed by atoms with Crippen molar-refractivity contribution in [1.82, 2.24) is 15.3 Å². The van der Waals surface area contributed by atoms with Crippen LogP contribution in [0.15, 0.2) is 54.9 Å². The maximum absolute atomic E-state index is 9.84. The molecule has 0 fully saturated rings. The summed E-state index contributed by atoms with van der Waals surface area (Å²) in [6.45, 7) is 0. The van der Waals surface area contributed by atoms with Crippen LogP contribution in [0, 0.1) is 0 Å². The third kappa shape index (κ3) is 2.59. The molecular weight excluding hydrogens is 312 g/mol. The maximum atomic E-state index is 9.84. The van der Waals surface area contributed by atoms with Gasteiger partial charge in [0, 0.05) is 29.2 Å². The first kappa shape index (κ1) is 14.0. The number of fused-ring (bicyclic) bond motifs is 3. The second-order valence-corrected chi connectivity index (χ2v) is 6.32. The van der Waals surface area contributed by atoms with Crippen LogP contribution >= 0.6 is 0 Å². The summed E-state index contributed by atoms with van der Waals surface area (Å²) in [6.07, 6.45) is 5.72. The minimum atomic E-state index is 0.262. The Hall–Kier alpha value is -3.34. The number of hydrogen-bond acceptors (Lipinski definition) is 5. The van der Waals surface area contributed by atoms with E-state index in [0.717, 1.165) is 46.6 Å². The third-order valence-electron chi connectivity index (χ3n) is 4.60. The number of anilines is 2. The highest BCUT2D eigenvalue weighted by Gasteiger charge is 2.19. The Morgan fingerprint density at radius 2 is 1.92 bits per heavy atom. The molecule has 0 bridgehead atoms. The quantitative estimate of drug-likeness (QED) is 0.684. The van der Waals surface area contributed by atoms with Crippen LogP contribution in [0.1, 0.15) is 16.7 Å². The number of aromatic hydroxyl groups is 1. The van der Waals surface area contributed by atoms with Gasteiger partial charge in [-0.05, 0) is 48.2 Å². The van der Waals surface area contributed by atoms with Crippen LogP contribution < -0.4 is 10.6 Å². The number of aryl methyl sites for hydroxylation is 2. The zero-order valence-corrected chi connectivity index (χ0v) is 13.5. The van der Waals surface area contributed by atoms with Crippen molar-refractivity contribution in [2.24, 2.45) is 0 Å². The van der Waals surface area contributed by atoms with Gasteiger partial charge in [0.1, 0.15) is 5.75 Å². The van der Waals surface area contributed by atoms with Crippen molar-refractivity contribution in [2.45, 2.75) is 12.8 Å². The second kappa shape index (κ2) is 5.34. The van der Waals surface area contributed by atoms with Gasteiger partial charge in [-0.25, -0.2) is 9.97 Å². The normalized spacial score (nSPS) is 14.0. The number of rotatable bonds is 3. The first-order valence-electron chi connectivity index (χ1n) is 8.29. The van der Waals surface area contributed by atoms with Gasteiger partial charge in [-0.15, -0.1) is 0 Å². The van der Waals surface area contributed by atoms with Crippen LogP contribution in [0.4, 0.5) is 11.6 Å². The SMILES string of the molecule is Oc1ccc2c(c1)-c1nc(Nc3cccc(C4=CN4)c3)ncc1CC2. The van der Waals surface area contributed by atoms with Gasteiger partial charge in [-0.2, -0.15) is 0 Å². The number of phenolic OH excluding ortho intramolecular Hbond substituents is 1. The van der Waals surface area contributed by atoms with Gasteiger partial charge in [0.2, 0.25) is 5.95 Å². The van der Waals surface area contributed by atoms with E-state index in [1.807, 2.05) is 30.6 Å². The summed E-state index contributed by atoms with van der Waals surface area (Å²) in [5, 5.41) is 16.2. The van der Waals surface area contributed by atoms with E-state index in [1.165, 1.54) is 5.56 Å². The predicted octanol–water partition coefficient (Wildman–Crippen LogP) is 3.59. The summed E-state index contributed by atoms with van der Waals surface area (Å²) in [5.74, 6) is 0.822. The van der Waals surface area contributed by atoms with E-state index in [4.69, 9.17) is 4.98 Å². The molecule has 2 heterocycles. The van der Waals surface area contributed by atoms with Crippen molar-refractivity contribution in [3.8, 4) is 17.0 Å². The van der Waals surface area contributed by atoms with Crippen LogP contribution in [0.25, 0.3) is 17.0 Å².